The largest absolute Gasteiger partial charge is 0.454 e. The molecule has 0 atom stereocenters. The van der Waals surface area contributed by atoms with Gasteiger partial charge in [-0.2, -0.15) is 0 Å². The van der Waals surface area contributed by atoms with Crippen molar-refractivity contribution in [3.05, 3.63) is 18.2 Å². The monoisotopic (exact) mass is 194 g/mol. The Labute approximate surface area is 81.4 Å². The molecule has 0 unspecified atom stereocenters. The summed E-state index contributed by atoms with van der Waals surface area (Å²) in [6.45, 7) is 1.97. The Morgan fingerprint density at radius 1 is 1.43 bits per heavy atom. The molecule has 2 rings (SSSR count). The Morgan fingerprint density at radius 3 is 3.00 bits per heavy atom. The number of rotatable bonds is 2. The van der Waals surface area contributed by atoms with E-state index >= 15 is 0 Å². The minimum Gasteiger partial charge on any atom is -0.454 e. The molecule has 0 N–H and O–H groups in total. The Balaban J connectivity index is 2.16. The Kier molecular flexibility index (Phi) is 2.26. The number of hydrogen-bond donors (Lipinski definition) is 0. The molecular weight excluding hydrogens is 184 g/mol. The van der Waals surface area contributed by atoms with Crippen LogP contribution in [0.5, 0.6) is 17.2 Å². The highest BCUT2D eigenvalue weighted by Gasteiger charge is 2.14. The van der Waals surface area contributed by atoms with Crippen molar-refractivity contribution >= 4 is 5.97 Å². The predicted molar refractivity (Wildman–Crippen MR) is 48.5 cm³/mol. The van der Waals surface area contributed by atoms with Crippen LogP contribution in [0.3, 0.4) is 0 Å². The molecule has 1 aromatic rings. The summed E-state index contributed by atoms with van der Waals surface area (Å²) in [5.41, 5.74) is 0. The SMILES string of the molecule is CCC(=O)Oc1ccc2c(c1)OCO2. The first-order valence-electron chi connectivity index (χ1n) is 4.40. The van der Waals surface area contributed by atoms with E-state index in [1.807, 2.05) is 0 Å². The van der Waals surface area contributed by atoms with Gasteiger partial charge in [0.15, 0.2) is 11.5 Å². The lowest BCUT2D eigenvalue weighted by Crippen LogP contribution is -2.05. The van der Waals surface area contributed by atoms with Crippen LogP contribution in [0.4, 0.5) is 0 Å². The molecule has 4 heteroatoms. The average molecular weight is 194 g/mol. The van der Waals surface area contributed by atoms with Gasteiger partial charge in [0.25, 0.3) is 0 Å². The molecular formula is C10H10O4. The molecule has 4 nitrogen and oxygen atoms in total. The molecule has 1 heterocycles. The number of esters is 1. The highest BCUT2D eigenvalue weighted by atomic mass is 16.7. The van der Waals surface area contributed by atoms with Crippen LogP contribution in [0.15, 0.2) is 18.2 Å². The number of hydrogen-bond acceptors (Lipinski definition) is 4. The van der Waals surface area contributed by atoms with Crippen molar-refractivity contribution in [3.63, 3.8) is 0 Å². The minimum atomic E-state index is -0.260. The second kappa shape index (κ2) is 3.57. The maximum Gasteiger partial charge on any atom is 0.310 e. The summed E-state index contributed by atoms with van der Waals surface area (Å²) in [4.78, 5) is 11.0. The molecule has 1 aromatic carbocycles. The highest BCUT2D eigenvalue weighted by Crippen LogP contribution is 2.35. The average Bonchev–Trinajstić information content (AvgIpc) is 2.64. The molecule has 0 fully saturated rings. The molecule has 0 saturated carbocycles. The van der Waals surface area contributed by atoms with E-state index in [9.17, 15) is 4.79 Å². The van der Waals surface area contributed by atoms with Crippen molar-refractivity contribution in [2.45, 2.75) is 13.3 Å². The Bertz CT molecular complexity index is 359. The van der Waals surface area contributed by atoms with Gasteiger partial charge in [-0.05, 0) is 12.1 Å². The number of carbonyl (C=O) groups is 1. The zero-order chi connectivity index (χ0) is 9.97. The van der Waals surface area contributed by atoms with Gasteiger partial charge >= 0.3 is 5.97 Å². The summed E-state index contributed by atoms with van der Waals surface area (Å²) < 4.78 is 15.3. The summed E-state index contributed by atoms with van der Waals surface area (Å²) in [5, 5.41) is 0. The lowest BCUT2D eigenvalue weighted by Gasteiger charge is -2.02. The van der Waals surface area contributed by atoms with Crippen LogP contribution in [-0.2, 0) is 4.79 Å². The first-order chi connectivity index (χ1) is 6.79. The highest BCUT2D eigenvalue weighted by molar-refractivity contribution is 5.72. The van der Waals surface area contributed by atoms with Crippen LogP contribution >= 0.6 is 0 Å². The van der Waals surface area contributed by atoms with Gasteiger partial charge in [0.1, 0.15) is 5.75 Å². The maximum atomic E-state index is 11.0. The van der Waals surface area contributed by atoms with Gasteiger partial charge in [0.2, 0.25) is 6.79 Å². The zero-order valence-electron chi connectivity index (χ0n) is 7.78. The Morgan fingerprint density at radius 2 is 2.21 bits per heavy atom. The smallest absolute Gasteiger partial charge is 0.310 e. The summed E-state index contributed by atoms with van der Waals surface area (Å²) in [6.07, 6.45) is 0.356. The summed E-state index contributed by atoms with van der Waals surface area (Å²) in [6, 6.07) is 5.05. The topological polar surface area (TPSA) is 44.8 Å². The normalized spacial score (nSPS) is 12.6. The number of benzene rings is 1. The quantitative estimate of drug-likeness (QED) is 0.531. The van der Waals surface area contributed by atoms with E-state index in [1.54, 1.807) is 25.1 Å². The first-order valence-corrected chi connectivity index (χ1v) is 4.40. The molecule has 1 aliphatic heterocycles. The molecule has 14 heavy (non-hydrogen) atoms. The maximum absolute atomic E-state index is 11.0. The second-order valence-corrected chi connectivity index (χ2v) is 2.84. The van der Waals surface area contributed by atoms with E-state index in [0.717, 1.165) is 0 Å². The predicted octanol–water partition coefficient (Wildman–Crippen LogP) is 1.73. The fourth-order valence-electron chi connectivity index (χ4n) is 1.14. The van der Waals surface area contributed by atoms with Gasteiger partial charge in [0, 0.05) is 12.5 Å². The van der Waals surface area contributed by atoms with Crippen LogP contribution in [0.1, 0.15) is 13.3 Å². The van der Waals surface area contributed by atoms with Crippen molar-refractivity contribution in [1.29, 1.82) is 0 Å². The molecule has 1 aliphatic rings. The van der Waals surface area contributed by atoms with Crippen LogP contribution in [-0.4, -0.2) is 12.8 Å². The van der Waals surface area contributed by atoms with Crippen LogP contribution in [0.2, 0.25) is 0 Å². The minimum absolute atomic E-state index is 0.223. The van der Waals surface area contributed by atoms with Crippen molar-refractivity contribution in [2.75, 3.05) is 6.79 Å². The molecule has 0 aromatic heterocycles. The lowest BCUT2D eigenvalue weighted by atomic mass is 10.3. The van der Waals surface area contributed by atoms with Gasteiger partial charge in [-0.1, -0.05) is 6.92 Å². The summed E-state index contributed by atoms with van der Waals surface area (Å²) in [7, 11) is 0. The molecule has 0 bridgehead atoms. The Hall–Kier alpha value is -1.71. The molecule has 0 aliphatic carbocycles. The van der Waals surface area contributed by atoms with E-state index in [0.29, 0.717) is 23.7 Å². The third-order valence-electron chi connectivity index (χ3n) is 1.86. The van der Waals surface area contributed by atoms with Gasteiger partial charge in [0.05, 0.1) is 0 Å². The second-order valence-electron chi connectivity index (χ2n) is 2.84. The van der Waals surface area contributed by atoms with E-state index in [-0.39, 0.29) is 12.8 Å². The van der Waals surface area contributed by atoms with Crippen molar-refractivity contribution in [3.8, 4) is 17.2 Å². The standard InChI is InChI=1S/C10H10O4/c1-2-10(11)14-7-3-4-8-9(5-7)13-6-12-8/h3-5H,2,6H2,1H3. The third-order valence-corrected chi connectivity index (χ3v) is 1.86. The van der Waals surface area contributed by atoms with E-state index < -0.39 is 0 Å². The fourth-order valence-corrected chi connectivity index (χ4v) is 1.14. The summed E-state index contributed by atoms with van der Waals surface area (Å²) >= 11 is 0. The summed E-state index contributed by atoms with van der Waals surface area (Å²) in [5.74, 6) is 1.53. The number of ether oxygens (including phenoxy) is 3. The third kappa shape index (κ3) is 1.64. The van der Waals surface area contributed by atoms with E-state index in [1.165, 1.54) is 0 Å². The first kappa shape index (κ1) is 8.87. The van der Waals surface area contributed by atoms with Crippen LogP contribution < -0.4 is 14.2 Å². The van der Waals surface area contributed by atoms with Crippen LogP contribution in [0.25, 0.3) is 0 Å². The van der Waals surface area contributed by atoms with Gasteiger partial charge in [-0.3, -0.25) is 4.79 Å². The number of fused-ring (bicyclic) bond motifs is 1. The fraction of sp³-hybridized carbons (Fsp3) is 0.300. The molecule has 0 amide bonds. The van der Waals surface area contributed by atoms with Crippen molar-refractivity contribution < 1.29 is 19.0 Å². The molecule has 74 valence electrons. The van der Waals surface area contributed by atoms with Crippen molar-refractivity contribution in [2.24, 2.45) is 0 Å². The van der Waals surface area contributed by atoms with Gasteiger partial charge in [-0.15, -0.1) is 0 Å². The number of carbonyl (C=O) groups excluding carboxylic acids is 1. The van der Waals surface area contributed by atoms with E-state index in [4.69, 9.17) is 14.2 Å². The van der Waals surface area contributed by atoms with Crippen molar-refractivity contribution in [1.82, 2.24) is 0 Å². The molecule has 0 spiro atoms. The van der Waals surface area contributed by atoms with Crippen LogP contribution in [0, 0.1) is 0 Å². The molecule has 0 saturated heterocycles. The zero-order valence-corrected chi connectivity index (χ0v) is 7.78. The van der Waals surface area contributed by atoms with Gasteiger partial charge in [-0.25, -0.2) is 0 Å². The van der Waals surface area contributed by atoms with E-state index in [2.05, 4.69) is 0 Å². The molecule has 0 radical (unpaired) electrons. The lowest BCUT2D eigenvalue weighted by molar-refractivity contribution is -0.134. The van der Waals surface area contributed by atoms with Gasteiger partial charge < -0.3 is 14.2 Å².